The van der Waals surface area contributed by atoms with Gasteiger partial charge in [-0.3, -0.25) is 4.79 Å². The highest BCUT2D eigenvalue weighted by Gasteiger charge is 2.45. The van der Waals surface area contributed by atoms with E-state index in [-0.39, 0.29) is 18.6 Å². The predicted octanol–water partition coefficient (Wildman–Crippen LogP) is 3.15. The molecule has 5 rings (SSSR count). The highest BCUT2D eigenvalue weighted by Crippen LogP contribution is 2.42. The van der Waals surface area contributed by atoms with Crippen LogP contribution >= 0.6 is 0 Å². The lowest BCUT2D eigenvalue weighted by atomic mass is 9.86. The van der Waals surface area contributed by atoms with Crippen molar-refractivity contribution in [2.24, 2.45) is 0 Å². The van der Waals surface area contributed by atoms with E-state index in [9.17, 15) is 14.7 Å². The lowest BCUT2D eigenvalue weighted by Crippen LogP contribution is -2.44. The number of benzene rings is 1. The normalized spacial score (nSPS) is 18.9. The number of para-hydroxylation sites is 1. The molecule has 0 bridgehead atoms. The van der Waals surface area contributed by atoms with E-state index in [0.29, 0.717) is 42.3 Å². The number of hydrogen-bond acceptors (Lipinski definition) is 7. The summed E-state index contributed by atoms with van der Waals surface area (Å²) in [6.45, 7) is 6.55. The van der Waals surface area contributed by atoms with Crippen molar-refractivity contribution in [1.29, 1.82) is 0 Å². The zero-order valence-corrected chi connectivity index (χ0v) is 18.9. The molecule has 3 aromatic rings. The van der Waals surface area contributed by atoms with Crippen molar-refractivity contribution in [3.05, 3.63) is 62.9 Å². The number of fused-ring (bicyclic) bond motifs is 5. The number of pyridine rings is 2. The van der Waals surface area contributed by atoms with Gasteiger partial charge in [-0.1, -0.05) is 25.1 Å². The smallest absolute Gasteiger partial charge is 0.343 e. The molecule has 0 saturated heterocycles. The van der Waals surface area contributed by atoms with Crippen LogP contribution in [0, 0.1) is 0 Å². The van der Waals surface area contributed by atoms with Gasteiger partial charge in [0.25, 0.3) is 5.56 Å². The summed E-state index contributed by atoms with van der Waals surface area (Å²) in [5, 5.41) is 12.0. The number of aliphatic hydroxyl groups is 1. The Morgan fingerprint density at radius 3 is 2.58 bits per heavy atom. The lowest BCUT2D eigenvalue weighted by molar-refractivity contribution is -0.172. The van der Waals surface area contributed by atoms with Crippen molar-refractivity contribution >= 4 is 16.9 Å². The van der Waals surface area contributed by atoms with Gasteiger partial charge in [0.1, 0.15) is 6.61 Å². The Bertz CT molecular complexity index is 1320. The van der Waals surface area contributed by atoms with Gasteiger partial charge in [0.05, 0.1) is 29.0 Å². The monoisotopic (exact) mass is 450 g/mol. The Labute approximate surface area is 190 Å². The van der Waals surface area contributed by atoms with Crippen molar-refractivity contribution in [3.63, 3.8) is 0 Å². The summed E-state index contributed by atoms with van der Waals surface area (Å²) in [6, 6.07) is 9.44. The van der Waals surface area contributed by atoms with Gasteiger partial charge in [-0.2, -0.15) is 0 Å². The average molecular weight is 450 g/mol. The van der Waals surface area contributed by atoms with E-state index < -0.39 is 17.9 Å². The van der Waals surface area contributed by atoms with Gasteiger partial charge in [-0.05, 0) is 32.4 Å². The van der Waals surface area contributed by atoms with Crippen LogP contribution in [0.4, 0.5) is 0 Å². The van der Waals surface area contributed by atoms with Crippen molar-refractivity contribution in [2.75, 3.05) is 13.2 Å². The molecule has 0 saturated carbocycles. The fraction of sp³-hybridized carbons (Fsp3) is 0.400. The van der Waals surface area contributed by atoms with Crippen LogP contribution in [0.2, 0.25) is 0 Å². The zero-order valence-electron chi connectivity index (χ0n) is 18.9. The maximum absolute atomic E-state index is 13.5. The summed E-state index contributed by atoms with van der Waals surface area (Å²) in [6.07, 6.45) is -0.513. The second kappa shape index (κ2) is 8.06. The van der Waals surface area contributed by atoms with E-state index in [0.717, 1.165) is 22.0 Å². The highest BCUT2D eigenvalue weighted by molar-refractivity contribution is 5.89. The number of aromatic nitrogens is 2. The molecule has 1 atom stereocenters. The first-order valence-corrected chi connectivity index (χ1v) is 11.3. The molecule has 0 amide bonds. The minimum absolute atomic E-state index is 0.0989. The van der Waals surface area contributed by atoms with E-state index >= 15 is 0 Å². The molecule has 1 aromatic carbocycles. The lowest BCUT2D eigenvalue weighted by Gasteiger charge is -2.31. The number of rotatable bonds is 6. The van der Waals surface area contributed by atoms with Gasteiger partial charge in [0.2, 0.25) is 0 Å². The minimum atomic E-state index is -1.86. The van der Waals surface area contributed by atoms with Gasteiger partial charge < -0.3 is 23.9 Å². The summed E-state index contributed by atoms with van der Waals surface area (Å²) < 4.78 is 18.7. The standard InChI is InChI=1S/C25H26N2O6/c1-4-25(30)17-11-19-21-15(12-27(19)22(28)16(17)13-33-24(25)29)20(23(31-5-2)32-6-3)14-9-7-8-10-18(14)26-21/h7-11,23,30H,4-6,12-13H2,1-3H3/t25-/m0/s1. The van der Waals surface area contributed by atoms with Crippen molar-refractivity contribution in [1.82, 2.24) is 9.55 Å². The van der Waals surface area contributed by atoms with E-state index in [2.05, 4.69) is 0 Å². The number of esters is 1. The van der Waals surface area contributed by atoms with Gasteiger partial charge in [0, 0.05) is 35.3 Å². The SMILES string of the molecule is CCOC(OCC)c1c2c(nc3ccccc13)-c1cc3c(c(=O)n1C2)COC(=O)[C@]3(O)CC. The molecule has 0 radical (unpaired) electrons. The van der Waals surface area contributed by atoms with Crippen LogP contribution in [0.15, 0.2) is 35.1 Å². The number of carbonyl (C=O) groups is 1. The topological polar surface area (TPSA) is 99.9 Å². The van der Waals surface area contributed by atoms with Crippen LogP contribution in [-0.2, 0) is 37.8 Å². The molecular formula is C25H26N2O6. The Kier molecular flexibility index (Phi) is 5.31. The molecular weight excluding hydrogens is 424 g/mol. The fourth-order valence-corrected chi connectivity index (χ4v) is 4.85. The molecule has 2 aromatic heterocycles. The van der Waals surface area contributed by atoms with Crippen molar-refractivity contribution < 1.29 is 24.1 Å². The fourth-order valence-electron chi connectivity index (χ4n) is 4.85. The van der Waals surface area contributed by atoms with Crippen LogP contribution in [-0.4, -0.2) is 33.8 Å². The molecule has 8 nitrogen and oxygen atoms in total. The van der Waals surface area contributed by atoms with Crippen LogP contribution in [0.5, 0.6) is 0 Å². The van der Waals surface area contributed by atoms with E-state index in [4.69, 9.17) is 19.2 Å². The predicted molar refractivity (Wildman–Crippen MR) is 121 cm³/mol. The van der Waals surface area contributed by atoms with Gasteiger partial charge in [0.15, 0.2) is 11.9 Å². The number of cyclic esters (lactones) is 1. The summed E-state index contributed by atoms with van der Waals surface area (Å²) in [4.78, 5) is 30.8. The number of ether oxygens (including phenoxy) is 3. The maximum Gasteiger partial charge on any atom is 0.343 e. The quantitative estimate of drug-likeness (QED) is 0.356. The zero-order chi connectivity index (χ0) is 23.3. The van der Waals surface area contributed by atoms with Gasteiger partial charge in [-0.25, -0.2) is 9.78 Å². The largest absolute Gasteiger partial charge is 0.458 e. The Morgan fingerprint density at radius 1 is 1.15 bits per heavy atom. The second-order valence-corrected chi connectivity index (χ2v) is 8.22. The molecule has 172 valence electrons. The third kappa shape index (κ3) is 3.13. The Morgan fingerprint density at radius 2 is 1.88 bits per heavy atom. The first kappa shape index (κ1) is 21.8. The first-order chi connectivity index (χ1) is 15.9. The van der Waals surface area contributed by atoms with Crippen LogP contribution < -0.4 is 5.56 Å². The summed E-state index contributed by atoms with van der Waals surface area (Å²) >= 11 is 0. The molecule has 4 heterocycles. The number of nitrogens with zero attached hydrogens (tertiary/aromatic N) is 2. The molecule has 33 heavy (non-hydrogen) atoms. The average Bonchev–Trinajstić information content (AvgIpc) is 3.18. The van der Waals surface area contributed by atoms with E-state index in [1.54, 1.807) is 17.6 Å². The second-order valence-electron chi connectivity index (χ2n) is 8.22. The first-order valence-electron chi connectivity index (χ1n) is 11.3. The summed E-state index contributed by atoms with van der Waals surface area (Å²) in [5.41, 5.74) is 2.08. The van der Waals surface area contributed by atoms with Crippen LogP contribution in [0.25, 0.3) is 22.3 Å². The molecule has 0 unspecified atom stereocenters. The van der Waals surface area contributed by atoms with Gasteiger partial charge in [-0.15, -0.1) is 0 Å². The minimum Gasteiger partial charge on any atom is -0.458 e. The Balaban J connectivity index is 1.81. The summed E-state index contributed by atoms with van der Waals surface area (Å²) in [5.74, 6) is -0.736. The number of hydrogen-bond donors (Lipinski definition) is 1. The molecule has 1 N–H and O–H groups in total. The van der Waals surface area contributed by atoms with Crippen LogP contribution in [0.1, 0.15) is 55.7 Å². The van der Waals surface area contributed by atoms with Crippen molar-refractivity contribution in [2.45, 2.75) is 52.2 Å². The van der Waals surface area contributed by atoms with E-state index in [1.807, 2.05) is 38.1 Å². The van der Waals surface area contributed by atoms with E-state index in [1.165, 1.54) is 0 Å². The molecule has 0 fully saturated rings. The van der Waals surface area contributed by atoms with Crippen molar-refractivity contribution in [3.8, 4) is 11.4 Å². The molecule has 8 heteroatoms. The third-order valence-electron chi connectivity index (χ3n) is 6.51. The molecule has 0 spiro atoms. The van der Waals surface area contributed by atoms with Crippen LogP contribution in [0.3, 0.4) is 0 Å². The third-order valence-corrected chi connectivity index (χ3v) is 6.51. The molecule has 2 aliphatic heterocycles. The number of carbonyl (C=O) groups excluding carboxylic acids is 1. The Hall–Kier alpha value is -3.07. The summed E-state index contributed by atoms with van der Waals surface area (Å²) in [7, 11) is 0. The molecule has 2 aliphatic rings. The maximum atomic E-state index is 13.5. The van der Waals surface area contributed by atoms with Gasteiger partial charge >= 0.3 is 5.97 Å². The molecule has 0 aliphatic carbocycles. The highest BCUT2D eigenvalue weighted by atomic mass is 16.7.